The van der Waals surface area contributed by atoms with Crippen molar-refractivity contribution in [1.82, 2.24) is 0 Å². The van der Waals surface area contributed by atoms with E-state index in [0.717, 1.165) is 32.1 Å². The monoisotopic (exact) mass is 801 g/mol. The standard InChI is InChI=1S/C46H90NO7P/c1-6-8-10-12-14-16-18-20-22-23-24-25-26-27-29-31-33-35-37-39-46(48)54-45(44-53-55(49,50)52-42-40-47(3,4)5)43-51-41-38-36-34-32-30-28-21-19-17-15-13-11-9-7-2/h17,19-20,22,45H,6-16,18,21,23-44H2,1-5H3/p+1/b19-17-,22-20-. The summed E-state index contributed by atoms with van der Waals surface area (Å²) in [5.41, 5.74) is 0. The quantitative estimate of drug-likeness (QED) is 0.0216. The van der Waals surface area contributed by atoms with E-state index in [0.29, 0.717) is 24.1 Å². The van der Waals surface area contributed by atoms with E-state index < -0.39 is 13.9 Å². The van der Waals surface area contributed by atoms with E-state index >= 15 is 0 Å². The zero-order chi connectivity index (χ0) is 40.6. The van der Waals surface area contributed by atoms with Gasteiger partial charge in [-0.05, 0) is 64.2 Å². The van der Waals surface area contributed by atoms with Crippen molar-refractivity contribution in [1.29, 1.82) is 0 Å². The summed E-state index contributed by atoms with van der Waals surface area (Å²) in [4.78, 5) is 22.9. The van der Waals surface area contributed by atoms with Gasteiger partial charge in [0.2, 0.25) is 0 Å². The summed E-state index contributed by atoms with van der Waals surface area (Å²) in [6.45, 7) is 5.61. The normalized spacial score (nSPS) is 13.9. The lowest BCUT2D eigenvalue weighted by Gasteiger charge is -2.24. The molecule has 55 heavy (non-hydrogen) atoms. The Bertz CT molecular complexity index is 936. The molecule has 326 valence electrons. The topological polar surface area (TPSA) is 91.3 Å². The summed E-state index contributed by atoms with van der Waals surface area (Å²) in [5, 5.41) is 0. The number of allylic oxidation sites excluding steroid dienone is 4. The molecule has 0 fully saturated rings. The number of carbonyl (C=O) groups excluding carboxylic acids is 1. The molecule has 0 aliphatic heterocycles. The van der Waals surface area contributed by atoms with Crippen molar-refractivity contribution in [2.24, 2.45) is 0 Å². The first-order valence-electron chi connectivity index (χ1n) is 23.1. The number of nitrogens with zero attached hydrogens (tertiary/aromatic N) is 1. The lowest BCUT2D eigenvalue weighted by molar-refractivity contribution is -0.870. The van der Waals surface area contributed by atoms with Crippen LogP contribution in [0.15, 0.2) is 24.3 Å². The van der Waals surface area contributed by atoms with Crippen LogP contribution < -0.4 is 0 Å². The molecule has 0 saturated heterocycles. The van der Waals surface area contributed by atoms with Crippen LogP contribution in [0.1, 0.15) is 206 Å². The number of unbranched alkanes of at least 4 members (excludes halogenated alkanes) is 25. The summed E-state index contributed by atoms with van der Waals surface area (Å²) < 4.78 is 35.0. The van der Waals surface area contributed by atoms with Gasteiger partial charge in [0.1, 0.15) is 19.3 Å². The second-order valence-electron chi connectivity index (χ2n) is 16.8. The Balaban J connectivity index is 4.19. The number of phosphoric ester groups is 1. The molecule has 2 atom stereocenters. The highest BCUT2D eigenvalue weighted by Gasteiger charge is 2.26. The molecule has 0 aliphatic carbocycles. The molecule has 0 aliphatic rings. The van der Waals surface area contributed by atoms with Gasteiger partial charge in [0, 0.05) is 13.0 Å². The van der Waals surface area contributed by atoms with Crippen molar-refractivity contribution in [3.05, 3.63) is 24.3 Å². The summed E-state index contributed by atoms with van der Waals surface area (Å²) in [5.74, 6) is -0.316. The Morgan fingerprint density at radius 2 is 0.945 bits per heavy atom. The predicted molar refractivity (Wildman–Crippen MR) is 233 cm³/mol. The fourth-order valence-electron chi connectivity index (χ4n) is 6.37. The number of hydrogen-bond donors (Lipinski definition) is 1. The Morgan fingerprint density at radius 3 is 1.40 bits per heavy atom. The minimum absolute atomic E-state index is 0.0883. The minimum atomic E-state index is -4.27. The highest BCUT2D eigenvalue weighted by Crippen LogP contribution is 2.43. The highest BCUT2D eigenvalue weighted by atomic mass is 31.2. The molecule has 1 N–H and O–H groups in total. The van der Waals surface area contributed by atoms with Gasteiger partial charge in [-0.2, -0.15) is 0 Å². The SMILES string of the molecule is CCCCCC/C=C\CCCCCCCCOCC(COP(=O)(O)OCC[N+](C)(C)C)OC(=O)CCCCCCCCCCC/C=C\CCCCCCCC. The fraction of sp³-hybridized carbons (Fsp3) is 0.891. The molecule has 0 amide bonds. The number of ether oxygens (including phenoxy) is 2. The van der Waals surface area contributed by atoms with Crippen molar-refractivity contribution in [2.75, 3.05) is 54.1 Å². The smallest absolute Gasteiger partial charge is 0.457 e. The fourth-order valence-corrected chi connectivity index (χ4v) is 7.11. The molecule has 0 bridgehead atoms. The molecular weight excluding hydrogens is 709 g/mol. The van der Waals surface area contributed by atoms with Crippen molar-refractivity contribution in [3.8, 4) is 0 Å². The zero-order valence-electron chi connectivity index (χ0n) is 36.9. The second-order valence-corrected chi connectivity index (χ2v) is 18.2. The van der Waals surface area contributed by atoms with E-state index in [2.05, 4.69) is 38.2 Å². The van der Waals surface area contributed by atoms with Gasteiger partial charge >= 0.3 is 13.8 Å². The van der Waals surface area contributed by atoms with E-state index in [1.165, 1.54) is 154 Å². The Kier molecular flexibility index (Phi) is 39.1. The number of carbonyl (C=O) groups is 1. The van der Waals surface area contributed by atoms with Crippen LogP contribution in [-0.2, 0) is 27.9 Å². The third kappa shape index (κ3) is 43.9. The number of likely N-dealkylation sites (N-methyl/N-ethyl adjacent to an activating group) is 1. The molecule has 0 radical (unpaired) electrons. The molecule has 8 nitrogen and oxygen atoms in total. The van der Waals surface area contributed by atoms with E-state index in [1.807, 2.05) is 21.1 Å². The molecule has 0 heterocycles. The maximum Gasteiger partial charge on any atom is 0.472 e. The van der Waals surface area contributed by atoms with Gasteiger partial charge in [0.05, 0.1) is 34.4 Å². The van der Waals surface area contributed by atoms with E-state index in [9.17, 15) is 14.3 Å². The maximum absolute atomic E-state index is 12.7. The van der Waals surface area contributed by atoms with Crippen LogP contribution in [0.2, 0.25) is 0 Å². The first-order valence-corrected chi connectivity index (χ1v) is 24.6. The van der Waals surface area contributed by atoms with Crippen molar-refractivity contribution >= 4 is 13.8 Å². The first-order chi connectivity index (χ1) is 26.6. The number of hydrogen-bond acceptors (Lipinski definition) is 6. The molecule has 0 spiro atoms. The molecule has 0 aromatic carbocycles. The molecule has 0 saturated carbocycles. The number of quaternary nitrogens is 1. The average molecular weight is 801 g/mol. The van der Waals surface area contributed by atoms with Crippen molar-refractivity contribution in [3.63, 3.8) is 0 Å². The lowest BCUT2D eigenvalue weighted by atomic mass is 10.1. The Labute approximate surface area is 341 Å². The van der Waals surface area contributed by atoms with Crippen LogP contribution >= 0.6 is 7.82 Å². The Hall–Kier alpha value is -1.02. The molecule has 0 rings (SSSR count). The van der Waals surface area contributed by atoms with Gasteiger partial charge in [-0.1, -0.05) is 160 Å². The first kappa shape index (κ1) is 54.0. The van der Waals surface area contributed by atoms with Gasteiger partial charge in [-0.3, -0.25) is 13.8 Å². The van der Waals surface area contributed by atoms with Crippen LogP contribution in [0.3, 0.4) is 0 Å². The minimum Gasteiger partial charge on any atom is -0.457 e. The van der Waals surface area contributed by atoms with E-state index in [1.54, 1.807) is 0 Å². The molecule has 0 aromatic heterocycles. The largest absolute Gasteiger partial charge is 0.472 e. The van der Waals surface area contributed by atoms with Crippen molar-refractivity contribution < 1.29 is 37.3 Å². The van der Waals surface area contributed by atoms with Crippen LogP contribution in [0.4, 0.5) is 0 Å². The summed E-state index contributed by atoms with van der Waals surface area (Å²) in [7, 11) is 1.67. The molecule has 2 unspecified atom stereocenters. The van der Waals surface area contributed by atoms with Crippen LogP contribution in [0.25, 0.3) is 0 Å². The third-order valence-corrected chi connectivity index (χ3v) is 11.0. The van der Waals surface area contributed by atoms with Crippen molar-refractivity contribution in [2.45, 2.75) is 213 Å². The van der Waals surface area contributed by atoms with E-state index in [4.69, 9.17) is 18.5 Å². The third-order valence-electron chi connectivity index (χ3n) is 9.99. The Morgan fingerprint density at radius 1 is 0.545 bits per heavy atom. The maximum atomic E-state index is 12.7. The predicted octanol–water partition coefficient (Wildman–Crippen LogP) is 13.6. The van der Waals surface area contributed by atoms with Gasteiger partial charge in [-0.15, -0.1) is 0 Å². The average Bonchev–Trinajstić information content (AvgIpc) is 3.13. The van der Waals surface area contributed by atoms with Gasteiger partial charge < -0.3 is 18.9 Å². The highest BCUT2D eigenvalue weighted by molar-refractivity contribution is 7.47. The number of esters is 1. The van der Waals surface area contributed by atoms with Gasteiger partial charge in [-0.25, -0.2) is 4.57 Å². The molecule has 9 heteroatoms. The van der Waals surface area contributed by atoms with E-state index in [-0.39, 0.29) is 25.8 Å². The number of phosphoric acid groups is 1. The zero-order valence-corrected chi connectivity index (χ0v) is 37.8. The summed E-state index contributed by atoms with van der Waals surface area (Å²) >= 11 is 0. The lowest BCUT2D eigenvalue weighted by Crippen LogP contribution is -2.37. The summed E-state index contributed by atoms with van der Waals surface area (Å²) in [6.07, 6.45) is 44.9. The van der Waals surface area contributed by atoms with Gasteiger partial charge in [0.15, 0.2) is 0 Å². The molecular formula is C46H91NO7P+. The van der Waals surface area contributed by atoms with Crippen LogP contribution in [-0.4, -0.2) is 75.6 Å². The molecule has 0 aromatic rings. The van der Waals surface area contributed by atoms with Gasteiger partial charge in [0.25, 0.3) is 0 Å². The van der Waals surface area contributed by atoms with Crippen LogP contribution in [0, 0.1) is 0 Å². The second kappa shape index (κ2) is 39.8. The van der Waals surface area contributed by atoms with Crippen LogP contribution in [0.5, 0.6) is 0 Å². The number of rotatable bonds is 43. The summed E-state index contributed by atoms with van der Waals surface area (Å²) in [6, 6.07) is 0.